The standard InChI is InChI=1S/C11H6ClF3O/c12-5-1-2-9-4-3-8(7-16)6-10(9)11(13,14)15/h3-4,6-7H,5H2. The van der Waals surface area contributed by atoms with Gasteiger partial charge in [0.25, 0.3) is 0 Å². The van der Waals surface area contributed by atoms with Crippen molar-refractivity contribution < 1.29 is 18.0 Å². The van der Waals surface area contributed by atoms with Gasteiger partial charge in [0.15, 0.2) is 0 Å². The van der Waals surface area contributed by atoms with Gasteiger partial charge in [-0.25, -0.2) is 0 Å². The van der Waals surface area contributed by atoms with Crippen LogP contribution in [0.2, 0.25) is 0 Å². The Hall–Kier alpha value is -1.47. The Kier molecular flexibility index (Phi) is 3.97. The molecule has 5 heteroatoms. The van der Waals surface area contributed by atoms with Crippen molar-refractivity contribution in [1.82, 2.24) is 0 Å². The first-order chi connectivity index (χ1) is 7.49. The zero-order chi connectivity index (χ0) is 12.2. The monoisotopic (exact) mass is 246 g/mol. The summed E-state index contributed by atoms with van der Waals surface area (Å²) in [4.78, 5) is 10.4. The zero-order valence-corrected chi connectivity index (χ0v) is 8.69. The predicted molar refractivity (Wildman–Crippen MR) is 54.4 cm³/mol. The number of hydrogen-bond donors (Lipinski definition) is 0. The normalized spacial score (nSPS) is 10.5. The molecule has 0 spiro atoms. The first-order valence-corrected chi connectivity index (χ1v) is 4.73. The van der Waals surface area contributed by atoms with Gasteiger partial charge in [0.05, 0.1) is 11.4 Å². The van der Waals surface area contributed by atoms with Gasteiger partial charge in [0.2, 0.25) is 0 Å². The molecule has 1 nitrogen and oxygen atoms in total. The van der Waals surface area contributed by atoms with E-state index in [0.29, 0.717) is 6.29 Å². The minimum absolute atomic E-state index is 0.0382. The molecule has 0 aromatic heterocycles. The molecule has 0 N–H and O–H groups in total. The van der Waals surface area contributed by atoms with Crippen LogP contribution < -0.4 is 0 Å². The van der Waals surface area contributed by atoms with E-state index in [1.807, 2.05) is 0 Å². The molecule has 0 aliphatic heterocycles. The predicted octanol–water partition coefficient (Wildman–Crippen LogP) is 3.11. The minimum atomic E-state index is -4.53. The SMILES string of the molecule is O=Cc1ccc(C#CCCl)c(C(F)(F)F)c1. The van der Waals surface area contributed by atoms with E-state index in [9.17, 15) is 18.0 Å². The lowest BCUT2D eigenvalue weighted by atomic mass is 10.0. The van der Waals surface area contributed by atoms with Crippen molar-refractivity contribution in [3.05, 3.63) is 34.9 Å². The van der Waals surface area contributed by atoms with E-state index in [4.69, 9.17) is 11.6 Å². The van der Waals surface area contributed by atoms with Gasteiger partial charge in [0.1, 0.15) is 6.29 Å². The van der Waals surface area contributed by atoms with Gasteiger partial charge in [-0.1, -0.05) is 17.9 Å². The van der Waals surface area contributed by atoms with Crippen molar-refractivity contribution in [3.8, 4) is 11.8 Å². The lowest BCUT2D eigenvalue weighted by molar-refractivity contribution is -0.137. The molecule has 16 heavy (non-hydrogen) atoms. The van der Waals surface area contributed by atoms with Crippen molar-refractivity contribution in [2.45, 2.75) is 6.18 Å². The fourth-order valence-corrected chi connectivity index (χ4v) is 1.17. The highest BCUT2D eigenvalue weighted by molar-refractivity contribution is 6.19. The van der Waals surface area contributed by atoms with E-state index >= 15 is 0 Å². The molecular weight excluding hydrogens is 241 g/mol. The lowest BCUT2D eigenvalue weighted by Gasteiger charge is -2.09. The third kappa shape index (κ3) is 3.01. The molecule has 0 fully saturated rings. The van der Waals surface area contributed by atoms with Gasteiger partial charge < -0.3 is 0 Å². The van der Waals surface area contributed by atoms with Crippen LogP contribution in [-0.4, -0.2) is 12.2 Å². The Morgan fingerprint density at radius 1 is 1.38 bits per heavy atom. The van der Waals surface area contributed by atoms with E-state index in [2.05, 4.69) is 11.8 Å². The maximum atomic E-state index is 12.6. The summed E-state index contributed by atoms with van der Waals surface area (Å²) in [5, 5.41) is 0. The van der Waals surface area contributed by atoms with Gasteiger partial charge in [-0.3, -0.25) is 4.79 Å². The van der Waals surface area contributed by atoms with E-state index in [1.165, 1.54) is 6.07 Å². The fraction of sp³-hybridized carbons (Fsp3) is 0.182. The topological polar surface area (TPSA) is 17.1 Å². The van der Waals surface area contributed by atoms with Gasteiger partial charge in [0, 0.05) is 11.1 Å². The van der Waals surface area contributed by atoms with Gasteiger partial charge in [-0.15, -0.1) is 11.6 Å². The molecule has 0 saturated heterocycles. The van der Waals surface area contributed by atoms with Crippen LogP contribution in [0.1, 0.15) is 21.5 Å². The molecule has 1 rings (SSSR count). The molecule has 1 aromatic carbocycles. The smallest absolute Gasteiger partial charge is 0.298 e. The summed E-state index contributed by atoms with van der Waals surface area (Å²) in [7, 11) is 0. The fourth-order valence-electron chi connectivity index (χ4n) is 1.11. The number of aldehydes is 1. The lowest BCUT2D eigenvalue weighted by Crippen LogP contribution is -2.08. The van der Waals surface area contributed by atoms with Crippen LogP contribution in [0.5, 0.6) is 0 Å². The Morgan fingerprint density at radius 2 is 2.06 bits per heavy atom. The quantitative estimate of drug-likeness (QED) is 0.423. The highest BCUT2D eigenvalue weighted by Crippen LogP contribution is 2.32. The molecule has 0 saturated carbocycles. The number of carbonyl (C=O) groups excluding carboxylic acids is 1. The van der Waals surface area contributed by atoms with Crippen LogP contribution in [0.15, 0.2) is 18.2 Å². The summed E-state index contributed by atoms with van der Waals surface area (Å²) in [6.07, 6.45) is -4.18. The molecule has 0 aliphatic rings. The molecule has 0 bridgehead atoms. The second-order valence-corrected chi connectivity index (χ2v) is 3.12. The second-order valence-electron chi connectivity index (χ2n) is 2.86. The molecule has 0 aliphatic carbocycles. The third-order valence-electron chi connectivity index (χ3n) is 1.77. The van der Waals surface area contributed by atoms with E-state index < -0.39 is 11.7 Å². The van der Waals surface area contributed by atoms with Gasteiger partial charge in [-0.2, -0.15) is 13.2 Å². The maximum absolute atomic E-state index is 12.6. The Labute approximate surface area is 95.2 Å². The van der Waals surface area contributed by atoms with Crippen molar-refractivity contribution >= 4 is 17.9 Å². The molecule has 84 valence electrons. The first kappa shape index (κ1) is 12.6. The van der Waals surface area contributed by atoms with Crippen LogP contribution in [-0.2, 0) is 6.18 Å². The summed E-state index contributed by atoms with van der Waals surface area (Å²) < 4.78 is 37.7. The van der Waals surface area contributed by atoms with E-state index in [1.54, 1.807) is 0 Å². The highest BCUT2D eigenvalue weighted by atomic mass is 35.5. The number of hydrogen-bond acceptors (Lipinski definition) is 1. The summed E-state index contributed by atoms with van der Waals surface area (Å²) in [5.74, 6) is 4.60. The van der Waals surface area contributed by atoms with Gasteiger partial charge in [-0.05, 0) is 12.1 Å². The van der Waals surface area contributed by atoms with Crippen LogP contribution in [0, 0.1) is 11.8 Å². The minimum Gasteiger partial charge on any atom is -0.298 e. The summed E-state index contributed by atoms with van der Waals surface area (Å²) in [6, 6.07) is 3.21. The molecule has 0 heterocycles. The van der Waals surface area contributed by atoms with Crippen molar-refractivity contribution in [3.63, 3.8) is 0 Å². The number of rotatable bonds is 1. The Morgan fingerprint density at radius 3 is 2.56 bits per heavy atom. The number of halogens is 4. The van der Waals surface area contributed by atoms with Crippen molar-refractivity contribution in [2.24, 2.45) is 0 Å². The zero-order valence-electron chi connectivity index (χ0n) is 7.94. The van der Waals surface area contributed by atoms with Crippen LogP contribution in [0.4, 0.5) is 13.2 Å². The summed E-state index contributed by atoms with van der Waals surface area (Å²) in [6.45, 7) is 0. The molecule has 0 amide bonds. The van der Waals surface area contributed by atoms with E-state index in [-0.39, 0.29) is 17.0 Å². The largest absolute Gasteiger partial charge is 0.417 e. The Bertz CT molecular complexity index is 455. The number of alkyl halides is 4. The second kappa shape index (κ2) is 5.04. The van der Waals surface area contributed by atoms with Crippen molar-refractivity contribution in [2.75, 3.05) is 5.88 Å². The molecular formula is C11H6ClF3O. The number of carbonyl (C=O) groups is 1. The van der Waals surface area contributed by atoms with Crippen molar-refractivity contribution in [1.29, 1.82) is 0 Å². The third-order valence-corrected chi connectivity index (χ3v) is 1.91. The first-order valence-electron chi connectivity index (χ1n) is 4.20. The summed E-state index contributed by atoms with van der Waals surface area (Å²) >= 11 is 5.27. The molecule has 1 aromatic rings. The van der Waals surface area contributed by atoms with Crippen LogP contribution in [0.3, 0.4) is 0 Å². The number of benzene rings is 1. The van der Waals surface area contributed by atoms with Crippen LogP contribution >= 0.6 is 11.6 Å². The average molecular weight is 247 g/mol. The maximum Gasteiger partial charge on any atom is 0.417 e. The summed E-state index contributed by atoms with van der Waals surface area (Å²) in [5.41, 5.74) is -1.14. The average Bonchev–Trinajstić information content (AvgIpc) is 2.25. The van der Waals surface area contributed by atoms with Gasteiger partial charge >= 0.3 is 6.18 Å². The molecule has 0 atom stereocenters. The molecule has 0 radical (unpaired) electrons. The molecule has 0 unspecified atom stereocenters. The Balaban J connectivity index is 3.33. The highest BCUT2D eigenvalue weighted by Gasteiger charge is 2.33. The van der Waals surface area contributed by atoms with Crippen LogP contribution in [0.25, 0.3) is 0 Å². The van der Waals surface area contributed by atoms with E-state index in [0.717, 1.165) is 12.1 Å².